The van der Waals surface area contributed by atoms with Gasteiger partial charge in [0.1, 0.15) is 5.92 Å². The van der Waals surface area contributed by atoms with Crippen LogP contribution >= 0.6 is 0 Å². The first-order valence-corrected chi connectivity index (χ1v) is 4.30. The molecule has 1 saturated heterocycles. The Bertz CT molecular complexity index is 210. The maximum absolute atomic E-state index is 11.4. The normalized spacial score (nSPS) is 19.6. The molecule has 0 aromatic heterocycles. The third kappa shape index (κ3) is 2.42. The van der Waals surface area contributed by atoms with E-state index >= 15 is 0 Å². The first-order chi connectivity index (χ1) is 6.13. The molecule has 0 saturated carbocycles. The van der Waals surface area contributed by atoms with Crippen LogP contribution in [0.3, 0.4) is 0 Å². The topological polar surface area (TPSA) is 66.8 Å². The zero-order chi connectivity index (χ0) is 9.84. The monoisotopic (exact) mass is 187 g/mol. The van der Waals surface area contributed by atoms with E-state index in [1.807, 2.05) is 0 Å². The van der Waals surface area contributed by atoms with E-state index in [0.29, 0.717) is 13.2 Å². The number of hydroxylamine groups is 2. The van der Waals surface area contributed by atoms with E-state index in [1.165, 1.54) is 6.92 Å². The van der Waals surface area contributed by atoms with Gasteiger partial charge in [0.25, 0.3) is 5.91 Å². The van der Waals surface area contributed by atoms with E-state index < -0.39 is 17.8 Å². The van der Waals surface area contributed by atoms with Crippen LogP contribution in [0.2, 0.25) is 0 Å². The highest BCUT2D eigenvalue weighted by atomic mass is 16.7. The molecule has 1 aliphatic rings. The molecular formula is C8H13NO4. The lowest BCUT2D eigenvalue weighted by atomic mass is 10.1. The van der Waals surface area contributed by atoms with Crippen LogP contribution in [0.1, 0.15) is 19.8 Å². The van der Waals surface area contributed by atoms with E-state index in [2.05, 4.69) is 0 Å². The van der Waals surface area contributed by atoms with Gasteiger partial charge in [0.15, 0.2) is 0 Å². The number of amides is 1. The second-order valence-electron chi connectivity index (χ2n) is 3.04. The van der Waals surface area contributed by atoms with Crippen molar-refractivity contribution in [2.24, 2.45) is 5.92 Å². The number of hydrogen-bond donors (Lipinski definition) is 1. The minimum atomic E-state index is -1.11. The number of hydrogen-bond acceptors (Lipinski definition) is 3. The first kappa shape index (κ1) is 9.98. The molecule has 1 unspecified atom stereocenters. The molecule has 0 radical (unpaired) electrons. The molecule has 1 fully saturated rings. The quantitative estimate of drug-likeness (QED) is 0.630. The van der Waals surface area contributed by atoms with Gasteiger partial charge in [-0.25, -0.2) is 5.06 Å². The van der Waals surface area contributed by atoms with Crippen molar-refractivity contribution in [3.05, 3.63) is 0 Å². The van der Waals surface area contributed by atoms with Crippen LogP contribution in [-0.2, 0) is 14.4 Å². The largest absolute Gasteiger partial charge is 0.481 e. The summed E-state index contributed by atoms with van der Waals surface area (Å²) in [6, 6.07) is 0. The van der Waals surface area contributed by atoms with Gasteiger partial charge in [-0.3, -0.25) is 14.4 Å². The molecule has 1 heterocycles. The number of carbonyl (C=O) groups is 2. The molecule has 1 N–H and O–H groups in total. The Labute approximate surface area is 76.2 Å². The number of aliphatic carboxylic acids is 1. The van der Waals surface area contributed by atoms with Crippen LogP contribution in [0, 0.1) is 5.92 Å². The van der Waals surface area contributed by atoms with Gasteiger partial charge >= 0.3 is 5.97 Å². The molecule has 0 aromatic rings. The van der Waals surface area contributed by atoms with Crippen molar-refractivity contribution in [3.63, 3.8) is 0 Å². The molecule has 0 bridgehead atoms. The maximum atomic E-state index is 11.4. The van der Waals surface area contributed by atoms with E-state index in [4.69, 9.17) is 9.94 Å². The Kier molecular flexibility index (Phi) is 3.25. The smallest absolute Gasteiger partial charge is 0.315 e. The molecule has 1 aliphatic heterocycles. The van der Waals surface area contributed by atoms with Crippen molar-refractivity contribution in [1.82, 2.24) is 5.06 Å². The van der Waals surface area contributed by atoms with Crippen molar-refractivity contribution in [2.75, 3.05) is 13.2 Å². The van der Waals surface area contributed by atoms with Crippen LogP contribution < -0.4 is 0 Å². The van der Waals surface area contributed by atoms with Crippen molar-refractivity contribution in [2.45, 2.75) is 19.8 Å². The van der Waals surface area contributed by atoms with Crippen LogP contribution in [0.25, 0.3) is 0 Å². The summed E-state index contributed by atoms with van der Waals surface area (Å²) in [6.45, 7) is 2.36. The molecule has 5 nitrogen and oxygen atoms in total. The van der Waals surface area contributed by atoms with Gasteiger partial charge in [-0.15, -0.1) is 0 Å². The Morgan fingerprint density at radius 3 is 2.62 bits per heavy atom. The summed E-state index contributed by atoms with van der Waals surface area (Å²) < 4.78 is 0. The van der Waals surface area contributed by atoms with Crippen LogP contribution in [0.15, 0.2) is 0 Å². The number of carbonyl (C=O) groups excluding carboxylic acids is 1. The minimum Gasteiger partial charge on any atom is -0.481 e. The van der Waals surface area contributed by atoms with Gasteiger partial charge in [-0.1, -0.05) is 0 Å². The lowest BCUT2D eigenvalue weighted by Gasteiger charge is -2.27. The average molecular weight is 187 g/mol. The highest BCUT2D eigenvalue weighted by Crippen LogP contribution is 2.10. The molecule has 13 heavy (non-hydrogen) atoms. The summed E-state index contributed by atoms with van der Waals surface area (Å²) in [4.78, 5) is 26.9. The third-order valence-electron chi connectivity index (χ3n) is 1.99. The minimum absolute atomic E-state index is 0.466. The molecule has 0 aromatic carbocycles. The molecule has 1 atom stereocenters. The van der Waals surface area contributed by atoms with Gasteiger partial charge in [-0.2, -0.15) is 0 Å². The van der Waals surface area contributed by atoms with Crippen molar-refractivity contribution < 1.29 is 19.5 Å². The van der Waals surface area contributed by atoms with E-state index in [1.54, 1.807) is 0 Å². The Morgan fingerprint density at radius 2 is 2.15 bits per heavy atom. The molecule has 5 heteroatoms. The SMILES string of the molecule is CC(C(=O)O)C(=O)N1CCCCO1. The fourth-order valence-electron chi connectivity index (χ4n) is 1.09. The van der Waals surface area contributed by atoms with Gasteiger partial charge < -0.3 is 5.11 Å². The fraction of sp³-hybridized carbons (Fsp3) is 0.750. The van der Waals surface area contributed by atoms with Crippen LogP contribution in [0.4, 0.5) is 0 Å². The summed E-state index contributed by atoms with van der Waals surface area (Å²) in [5.74, 6) is -2.59. The predicted molar refractivity (Wildman–Crippen MR) is 43.7 cm³/mol. The van der Waals surface area contributed by atoms with Gasteiger partial charge in [0.05, 0.1) is 6.61 Å². The van der Waals surface area contributed by atoms with Crippen molar-refractivity contribution in [3.8, 4) is 0 Å². The maximum Gasteiger partial charge on any atom is 0.315 e. The van der Waals surface area contributed by atoms with Crippen LogP contribution in [0.5, 0.6) is 0 Å². The van der Waals surface area contributed by atoms with E-state index in [9.17, 15) is 9.59 Å². The fourth-order valence-corrected chi connectivity index (χ4v) is 1.09. The van der Waals surface area contributed by atoms with E-state index in [0.717, 1.165) is 17.9 Å². The number of rotatable bonds is 2. The second-order valence-corrected chi connectivity index (χ2v) is 3.04. The van der Waals surface area contributed by atoms with Crippen LogP contribution in [-0.4, -0.2) is 35.2 Å². The van der Waals surface area contributed by atoms with Crippen molar-refractivity contribution >= 4 is 11.9 Å². The Morgan fingerprint density at radius 1 is 1.46 bits per heavy atom. The van der Waals surface area contributed by atoms with Gasteiger partial charge in [-0.05, 0) is 19.8 Å². The standard InChI is InChI=1S/C8H13NO4/c1-6(8(11)12)7(10)9-4-2-3-5-13-9/h6H,2-5H2,1H3,(H,11,12). The second kappa shape index (κ2) is 4.23. The van der Waals surface area contributed by atoms with Crippen molar-refractivity contribution in [1.29, 1.82) is 0 Å². The summed E-state index contributed by atoms with van der Waals surface area (Å²) in [5, 5.41) is 9.74. The molecule has 0 aliphatic carbocycles. The third-order valence-corrected chi connectivity index (χ3v) is 1.99. The summed E-state index contributed by atoms with van der Waals surface area (Å²) >= 11 is 0. The van der Waals surface area contributed by atoms with Gasteiger partial charge in [0.2, 0.25) is 0 Å². The number of carboxylic acid groups (broad SMARTS) is 1. The Hall–Kier alpha value is -1.10. The van der Waals surface area contributed by atoms with Gasteiger partial charge in [0, 0.05) is 6.54 Å². The predicted octanol–water partition coefficient (Wildman–Crippen LogP) is 0.261. The summed E-state index contributed by atoms with van der Waals surface area (Å²) in [6.07, 6.45) is 1.79. The number of nitrogens with zero attached hydrogens (tertiary/aromatic N) is 1. The zero-order valence-corrected chi connectivity index (χ0v) is 7.52. The van der Waals surface area contributed by atoms with E-state index in [-0.39, 0.29) is 0 Å². The molecule has 1 rings (SSSR count). The first-order valence-electron chi connectivity index (χ1n) is 4.30. The Balaban J connectivity index is 2.50. The summed E-state index contributed by atoms with van der Waals surface area (Å²) in [7, 11) is 0. The zero-order valence-electron chi connectivity index (χ0n) is 7.52. The average Bonchev–Trinajstić information content (AvgIpc) is 2.17. The molecule has 1 amide bonds. The highest BCUT2D eigenvalue weighted by Gasteiger charge is 2.27. The lowest BCUT2D eigenvalue weighted by molar-refractivity contribution is -0.202. The lowest BCUT2D eigenvalue weighted by Crippen LogP contribution is -2.41. The number of carboxylic acids is 1. The molecule has 74 valence electrons. The molecule has 0 spiro atoms. The summed E-state index contributed by atoms with van der Waals surface area (Å²) in [5.41, 5.74) is 0. The highest BCUT2D eigenvalue weighted by molar-refractivity contribution is 5.96. The molecular weight excluding hydrogens is 174 g/mol.